The molecule has 4 aromatic rings. The number of amides is 2. The van der Waals surface area contributed by atoms with E-state index in [4.69, 9.17) is 4.74 Å². The molecular weight excluding hydrogens is 514 g/mol. The van der Waals surface area contributed by atoms with Crippen molar-refractivity contribution in [3.8, 4) is 5.75 Å². The molecule has 0 bridgehead atoms. The number of carbonyl (C=O) groups is 2. The highest BCUT2D eigenvalue weighted by molar-refractivity contribution is 7.92. The molecule has 1 atom stereocenters. The van der Waals surface area contributed by atoms with Crippen LogP contribution in [0.15, 0.2) is 114 Å². The second-order valence-corrected chi connectivity index (χ2v) is 10.6. The predicted octanol–water partition coefficient (Wildman–Crippen LogP) is 5.02. The van der Waals surface area contributed by atoms with Crippen LogP contribution in [-0.4, -0.2) is 33.9 Å². The first-order chi connectivity index (χ1) is 18.8. The summed E-state index contributed by atoms with van der Waals surface area (Å²) in [5.41, 5.74) is 1.80. The Bertz CT molecular complexity index is 1530. The topological polar surface area (TPSA) is 105 Å². The average molecular weight is 544 g/mol. The Morgan fingerprint density at radius 3 is 2.05 bits per heavy atom. The van der Waals surface area contributed by atoms with E-state index >= 15 is 0 Å². The second-order valence-electron chi connectivity index (χ2n) is 8.72. The molecule has 0 aliphatic carbocycles. The van der Waals surface area contributed by atoms with Crippen molar-refractivity contribution >= 4 is 33.2 Å². The minimum atomic E-state index is -4.10. The van der Waals surface area contributed by atoms with Crippen LogP contribution in [0.3, 0.4) is 0 Å². The molecule has 0 aromatic heterocycles. The zero-order valence-corrected chi connectivity index (χ0v) is 22.4. The lowest BCUT2D eigenvalue weighted by atomic mass is 10.1. The molecule has 0 radical (unpaired) electrons. The number of hydrogen-bond acceptors (Lipinski definition) is 5. The Hall–Kier alpha value is -4.63. The van der Waals surface area contributed by atoms with Crippen LogP contribution in [0.4, 0.5) is 11.4 Å². The van der Waals surface area contributed by atoms with Gasteiger partial charge in [-0.2, -0.15) is 0 Å². The summed E-state index contributed by atoms with van der Waals surface area (Å²) >= 11 is 0. The number of benzene rings is 4. The molecule has 0 heterocycles. The van der Waals surface area contributed by atoms with E-state index in [9.17, 15) is 18.0 Å². The van der Waals surface area contributed by atoms with Gasteiger partial charge in [-0.25, -0.2) is 8.42 Å². The van der Waals surface area contributed by atoms with Crippen molar-refractivity contribution in [1.82, 2.24) is 5.32 Å². The molecule has 9 heteroatoms. The van der Waals surface area contributed by atoms with Gasteiger partial charge in [-0.05, 0) is 61.0 Å². The maximum Gasteiger partial charge on any atom is 0.264 e. The van der Waals surface area contributed by atoms with Crippen LogP contribution >= 0.6 is 0 Å². The molecular formula is C30H29N3O5S. The number of ether oxygens (including phenoxy) is 1. The molecule has 0 saturated carbocycles. The van der Waals surface area contributed by atoms with E-state index in [0.717, 1.165) is 9.87 Å². The highest BCUT2D eigenvalue weighted by Crippen LogP contribution is 2.25. The lowest BCUT2D eigenvalue weighted by Crippen LogP contribution is -2.38. The molecule has 0 aliphatic rings. The third-order valence-electron chi connectivity index (χ3n) is 6.07. The maximum atomic E-state index is 13.6. The van der Waals surface area contributed by atoms with Crippen LogP contribution < -0.4 is 19.7 Å². The Morgan fingerprint density at radius 2 is 1.41 bits per heavy atom. The van der Waals surface area contributed by atoms with E-state index in [1.165, 1.54) is 19.2 Å². The van der Waals surface area contributed by atoms with Crippen LogP contribution in [-0.2, 0) is 14.8 Å². The van der Waals surface area contributed by atoms with E-state index in [1.807, 2.05) is 37.3 Å². The molecule has 2 N–H and O–H groups in total. The Morgan fingerprint density at radius 1 is 0.821 bits per heavy atom. The number of rotatable bonds is 10. The fourth-order valence-electron chi connectivity index (χ4n) is 3.99. The van der Waals surface area contributed by atoms with E-state index in [2.05, 4.69) is 10.6 Å². The summed E-state index contributed by atoms with van der Waals surface area (Å²) in [6.07, 6.45) is 0. The van der Waals surface area contributed by atoms with Gasteiger partial charge in [0.1, 0.15) is 12.3 Å². The molecule has 0 spiro atoms. The molecule has 0 unspecified atom stereocenters. The average Bonchev–Trinajstić information content (AvgIpc) is 2.97. The zero-order chi connectivity index (χ0) is 27.8. The SMILES string of the molecule is COc1ccc(S(=O)(=O)N(CC(=O)Nc2ccccc2C(=O)N[C@@H](C)c2ccccc2)c2ccccc2)cc1. The van der Waals surface area contributed by atoms with Crippen LogP contribution in [0.2, 0.25) is 0 Å². The largest absolute Gasteiger partial charge is 0.497 e. The monoisotopic (exact) mass is 543 g/mol. The highest BCUT2D eigenvalue weighted by atomic mass is 32.2. The number of methoxy groups -OCH3 is 1. The number of carbonyl (C=O) groups excluding carboxylic acids is 2. The summed E-state index contributed by atoms with van der Waals surface area (Å²) in [5, 5.41) is 5.66. The van der Waals surface area contributed by atoms with Gasteiger partial charge in [0.2, 0.25) is 5.91 Å². The Labute approximate surface area is 228 Å². The predicted molar refractivity (Wildman–Crippen MR) is 151 cm³/mol. The molecule has 0 saturated heterocycles. The molecule has 200 valence electrons. The fraction of sp³-hybridized carbons (Fsp3) is 0.133. The van der Waals surface area contributed by atoms with E-state index in [-0.39, 0.29) is 28.1 Å². The summed E-state index contributed by atoms with van der Waals surface area (Å²) in [7, 11) is -2.61. The highest BCUT2D eigenvalue weighted by Gasteiger charge is 2.28. The third-order valence-corrected chi connectivity index (χ3v) is 7.86. The van der Waals surface area contributed by atoms with Crippen LogP contribution in [0.25, 0.3) is 0 Å². The van der Waals surface area contributed by atoms with Gasteiger partial charge in [-0.15, -0.1) is 0 Å². The van der Waals surface area contributed by atoms with Gasteiger partial charge >= 0.3 is 0 Å². The first-order valence-corrected chi connectivity index (χ1v) is 13.7. The molecule has 4 aromatic carbocycles. The number of hydrogen-bond donors (Lipinski definition) is 2. The Kier molecular flexibility index (Phi) is 8.63. The van der Waals surface area contributed by atoms with Crippen molar-refractivity contribution < 1.29 is 22.7 Å². The van der Waals surface area contributed by atoms with Crippen molar-refractivity contribution in [2.75, 3.05) is 23.3 Å². The molecule has 0 fully saturated rings. The maximum absolute atomic E-state index is 13.6. The van der Waals surface area contributed by atoms with Gasteiger partial charge in [-0.3, -0.25) is 13.9 Å². The summed E-state index contributed by atoms with van der Waals surface area (Å²) in [5.74, 6) is -0.463. The first-order valence-electron chi connectivity index (χ1n) is 12.3. The lowest BCUT2D eigenvalue weighted by Gasteiger charge is -2.24. The second kappa shape index (κ2) is 12.3. The summed E-state index contributed by atoms with van der Waals surface area (Å²) in [6.45, 7) is 1.37. The molecule has 2 amide bonds. The van der Waals surface area contributed by atoms with E-state index < -0.39 is 22.5 Å². The fourth-order valence-corrected chi connectivity index (χ4v) is 5.41. The standard InChI is InChI=1S/C30H29N3O5S/c1-22(23-11-5-3-6-12-23)31-30(35)27-15-9-10-16-28(27)32-29(34)21-33(24-13-7-4-8-14-24)39(36,37)26-19-17-25(38-2)18-20-26/h3-20,22H,21H2,1-2H3,(H,31,35)(H,32,34)/t22-/m0/s1. The van der Waals surface area contributed by atoms with Crippen LogP contribution in [0.5, 0.6) is 5.75 Å². The van der Waals surface area contributed by atoms with Gasteiger partial charge in [0.15, 0.2) is 0 Å². The number of sulfonamides is 1. The lowest BCUT2D eigenvalue weighted by molar-refractivity contribution is -0.114. The van der Waals surface area contributed by atoms with Gasteiger partial charge in [0.05, 0.1) is 35.0 Å². The van der Waals surface area contributed by atoms with Crippen molar-refractivity contribution in [2.24, 2.45) is 0 Å². The summed E-state index contributed by atoms with van der Waals surface area (Å²) in [6, 6.07) is 30.2. The quantitative estimate of drug-likeness (QED) is 0.292. The van der Waals surface area contributed by atoms with Crippen molar-refractivity contribution in [1.29, 1.82) is 0 Å². The van der Waals surface area contributed by atoms with Gasteiger partial charge in [-0.1, -0.05) is 60.7 Å². The van der Waals surface area contributed by atoms with Gasteiger partial charge < -0.3 is 15.4 Å². The number of nitrogens with one attached hydrogen (secondary N) is 2. The van der Waals surface area contributed by atoms with E-state index in [1.54, 1.807) is 66.7 Å². The normalized spacial score (nSPS) is 11.7. The number of para-hydroxylation sites is 2. The van der Waals surface area contributed by atoms with Crippen LogP contribution in [0, 0.1) is 0 Å². The molecule has 0 aliphatic heterocycles. The number of nitrogens with zero attached hydrogens (tertiary/aromatic N) is 1. The number of anilines is 2. The third kappa shape index (κ3) is 6.63. The van der Waals surface area contributed by atoms with Crippen molar-refractivity contribution in [3.05, 3.63) is 120 Å². The minimum absolute atomic E-state index is 0.00892. The summed E-state index contributed by atoms with van der Waals surface area (Å²) < 4.78 is 33.3. The van der Waals surface area contributed by atoms with Gasteiger partial charge in [0.25, 0.3) is 15.9 Å². The van der Waals surface area contributed by atoms with Crippen molar-refractivity contribution in [2.45, 2.75) is 17.9 Å². The molecule has 8 nitrogen and oxygen atoms in total. The minimum Gasteiger partial charge on any atom is -0.497 e. The molecule has 39 heavy (non-hydrogen) atoms. The van der Waals surface area contributed by atoms with Crippen molar-refractivity contribution in [3.63, 3.8) is 0 Å². The molecule has 4 rings (SSSR count). The summed E-state index contributed by atoms with van der Waals surface area (Å²) in [4.78, 5) is 26.3. The first kappa shape index (κ1) is 27.4. The van der Waals surface area contributed by atoms with E-state index in [0.29, 0.717) is 11.4 Å². The van der Waals surface area contributed by atoms with Gasteiger partial charge in [0, 0.05) is 0 Å². The Balaban J connectivity index is 1.56. The smallest absolute Gasteiger partial charge is 0.264 e. The van der Waals surface area contributed by atoms with Crippen LogP contribution in [0.1, 0.15) is 28.9 Å². The zero-order valence-electron chi connectivity index (χ0n) is 21.6.